The highest BCUT2D eigenvalue weighted by atomic mass is 16.2. The summed E-state index contributed by atoms with van der Waals surface area (Å²) in [5.74, 6) is -0.00917. The lowest BCUT2D eigenvalue weighted by Crippen LogP contribution is -2.47. The summed E-state index contributed by atoms with van der Waals surface area (Å²) in [6, 6.07) is 9.78. The van der Waals surface area contributed by atoms with Crippen LogP contribution in [0.3, 0.4) is 0 Å². The largest absolute Gasteiger partial charge is 0.351 e. The van der Waals surface area contributed by atoms with Gasteiger partial charge in [-0.2, -0.15) is 0 Å². The molecule has 0 spiro atoms. The minimum Gasteiger partial charge on any atom is -0.351 e. The lowest BCUT2D eigenvalue weighted by Gasteiger charge is -2.32. The molecule has 1 fully saturated rings. The zero-order valence-corrected chi connectivity index (χ0v) is 14.7. The second kappa shape index (κ2) is 8.71. The molecule has 7 heteroatoms. The van der Waals surface area contributed by atoms with Crippen LogP contribution in [0.25, 0.3) is 0 Å². The molecule has 1 amide bonds. The average molecular weight is 342 g/mol. The normalized spacial score (nSPS) is 17.3. The molecule has 1 N–H and O–H groups in total. The van der Waals surface area contributed by atoms with Crippen LogP contribution in [0.4, 0.5) is 0 Å². The van der Waals surface area contributed by atoms with Gasteiger partial charge in [-0.25, -0.2) is 4.68 Å². The van der Waals surface area contributed by atoms with Crippen molar-refractivity contribution in [2.24, 2.45) is 0 Å². The number of carbonyl (C=O) groups is 1. The van der Waals surface area contributed by atoms with Gasteiger partial charge in [0.1, 0.15) is 12.4 Å². The van der Waals surface area contributed by atoms with Gasteiger partial charge in [0.25, 0.3) is 0 Å². The van der Waals surface area contributed by atoms with Crippen molar-refractivity contribution in [3.63, 3.8) is 0 Å². The highest BCUT2D eigenvalue weighted by molar-refractivity contribution is 5.80. The van der Waals surface area contributed by atoms with E-state index in [1.165, 1.54) is 12.7 Å². The maximum absolute atomic E-state index is 12.9. The van der Waals surface area contributed by atoms with Crippen molar-refractivity contribution in [1.29, 1.82) is 0 Å². The van der Waals surface area contributed by atoms with Crippen molar-refractivity contribution in [3.05, 3.63) is 42.2 Å². The Balaban J connectivity index is 1.62. The summed E-state index contributed by atoms with van der Waals surface area (Å²) in [5, 5.41) is 14.5. The van der Waals surface area contributed by atoms with Crippen LogP contribution >= 0.6 is 0 Å². The molecule has 3 rings (SSSR count). The molecule has 0 radical (unpaired) electrons. The Kier molecular flexibility index (Phi) is 6.11. The lowest BCUT2D eigenvalue weighted by molar-refractivity contribution is -0.125. The molecule has 7 nitrogen and oxygen atoms in total. The summed E-state index contributed by atoms with van der Waals surface area (Å²) in [7, 11) is 0. The molecule has 0 saturated carbocycles. The maximum atomic E-state index is 12.9. The van der Waals surface area contributed by atoms with Gasteiger partial charge < -0.3 is 10.2 Å². The zero-order valence-electron chi connectivity index (χ0n) is 14.7. The second-order valence-corrected chi connectivity index (χ2v) is 6.62. The molecule has 1 atom stereocenters. The number of aromatic nitrogens is 4. The summed E-state index contributed by atoms with van der Waals surface area (Å²) in [6.45, 7) is 5.44. The first kappa shape index (κ1) is 17.5. The number of benzene rings is 1. The van der Waals surface area contributed by atoms with Crippen molar-refractivity contribution >= 4 is 5.91 Å². The first-order valence-corrected chi connectivity index (χ1v) is 9.05. The first-order valence-electron chi connectivity index (χ1n) is 9.05. The molecule has 2 heterocycles. The number of hydrogen-bond donors (Lipinski definition) is 1. The summed E-state index contributed by atoms with van der Waals surface area (Å²) >= 11 is 0. The summed E-state index contributed by atoms with van der Waals surface area (Å²) < 4.78 is 1.55. The maximum Gasteiger partial charge on any atom is 0.245 e. The fourth-order valence-electron chi connectivity index (χ4n) is 3.37. The monoisotopic (exact) mass is 342 g/mol. The molecule has 1 aromatic carbocycles. The Morgan fingerprint density at radius 3 is 2.68 bits per heavy atom. The van der Waals surface area contributed by atoms with Crippen molar-refractivity contribution < 1.29 is 4.79 Å². The van der Waals surface area contributed by atoms with E-state index in [1.807, 2.05) is 30.3 Å². The van der Waals surface area contributed by atoms with Gasteiger partial charge in [0.2, 0.25) is 5.91 Å². The molecule has 25 heavy (non-hydrogen) atoms. The Bertz CT molecular complexity index is 637. The molecule has 1 aromatic heterocycles. The number of carbonyl (C=O) groups excluding carboxylic acids is 1. The van der Waals surface area contributed by atoms with Crippen LogP contribution in [0.15, 0.2) is 36.7 Å². The highest BCUT2D eigenvalue weighted by Crippen LogP contribution is 2.16. The standard InChI is InChI=1S/C18H26N6O/c1-2-10-23-11-8-16(9-12-23)20-18(25)17(24-14-19-21-22-24)13-15-6-4-3-5-7-15/h3-7,14,16-17H,2,8-13H2,1H3,(H,20,25). The molecule has 1 unspecified atom stereocenters. The smallest absolute Gasteiger partial charge is 0.245 e. The third-order valence-corrected chi connectivity index (χ3v) is 4.73. The van der Waals surface area contributed by atoms with E-state index in [0.29, 0.717) is 6.42 Å². The summed E-state index contributed by atoms with van der Waals surface area (Å²) in [5.41, 5.74) is 1.09. The van der Waals surface area contributed by atoms with Gasteiger partial charge in [-0.05, 0) is 41.8 Å². The number of piperidine rings is 1. The Morgan fingerprint density at radius 1 is 1.28 bits per heavy atom. The second-order valence-electron chi connectivity index (χ2n) is 6.62. The van der Waals surface area contributed by atoms with Gasteiger partial charge in [0.15, 0.2) is 0 Å². The summed E-state index contributed by atoms with van der Waals surface area (Å²) in [4.78, 5) is 15.3. The van der Waals surface area contributed by atoms with Crippen LogP contribution in [0.5, 0.6) is 0 Å². The number of hydrogen-bond acceptors (Lipinski definition) is 5. The number of nitrogens with zero attached hydrogens (tertiary/aromatic N) is 5. The van der Waals surface area contributed by atoms with Crippen molar-refractivity contribution in [2.45, 2.75) is 44.7 Å². The molecule has 1 saturated heterocycles. The van der Waals surface area contributed by atoms with E-state index in [9.17, 15) is 4.79 Å². The average Bonchev–Trinajstić information content (AvgIpc) is 3.17. The van der Waals surface area contributed by atoms with Gasteiger partial charge in [-0.1, -0.05) is 37.3 Å². The Hall–Kier alpha value is -2.28. The number of likely N-dealkylation sites (tertiary alicyclic amines) is 1. The fourth-order valence-corrected chi connectivity index (χ4v) is 3.37. The Morgan fingerprint density at radius 2 is 2.04 bits per heavy atom. The molecule has 0 aliphatic carbocycles. The van der Waals surface area contributed by atoms with Gasteiger partial charge in [0, 0.05) is 25.6 Å². The molecular weight excluding hydrogens is 316 g/mol. The molecule has 1 aliphatic heterocycles. The van der Waals surface area contributed by atoms with Gasteiger partial charge in [0.05, 0.1) is 0 Å². The van der Waals surface area contributed by atoms with Gasteiger partial charge in [-0.3, -0.25) is 4.79 Å². The van der Waals surface area contributed by atoms with E-state index in [0.717, 1.165) is 38.0 Å². The minimum atomic E-state index is -0.425. The molecule has 134 valence electrons. The molecule has 2 aromatic rings. The number of amides is 1. The fraction of sp³-hybridized carbons (Fsp3) is 0.556. The SMILES string of the molecule is CCCN1CCC(NC(=O)C(Cc2ccccc2)n2cnnn2)CC1. The predicted octanol–water partition coefficient (Wildman–Crippen LogP) is 1.45. The quantitative estimate of drug-likeness (QED) is 0.824. The highest BCUT2D eigenvalue weighted by Gasteiger charge is 2.26. The van der Waals surface area contributed by atoms with E-state index in [1.54, 1.807) is 4.68 Å². The van der Waals surface area contributed by atoms with Crippen LogP contribution in [0, 0.1) is 0 Å². The molecule has 0 bridgehead atoms. The van der Waals surface area contributed by atoms with Crippen molar-refractivity contribution in [2.75, 3.05) is 19.6 Å². The third-order valence-electron chi connectivity index (χ3n) is 4.73. The molecular formula is C18H26N6O. The number of nitrogens with one attached hydrogen (secondary N) is 1. The van der Waals surface area contributed by atoms with Crippen LogP contribution in [0.1, 0.15) is 37.8 Å². The molecule has 1 aliphatic rings. The number of rotatable bonds is 7. The van der Waals surface area contributed by atoms with Crippen LogP contribution in [-0.4, -0.2) is 56.7 Å². The third kappa shape index (κ3) is 4.85. The minimum absolute atomic E-state index is 0.00917. The number of tetrazole rings is 1. The van der Waals surface area contributed by atoms with Crippen molar-refractivity contribution in [1.82, 2.24) is 30.4 Å². The topological polar surface area (TPSA) is 75.9 Å². The van der Waals surface area contributed by atoms with Crippen LogP contribution in [-0.2, 0) is 11.2 Å². The zero-order chi connectivity index (χ0) is 17.5. The van der Waals surface area contributed by atoms with Crippen LogP contribution < -0.4 is 5.32 Å². The van der Waals surface area contributed by atoms with E-state index >= 15 is 0 Å². The van der Waals surface area contributed by atoms with E-state index in [2.05, 4.69) is 32.7 Å². The van der Waals surface area contributed by atoms with Crippen LogP contribution in [0.2, 0.25) is 0 Å². The van der Waals surface area contributed by atoms with Crippen molar-refractivity contribution in [3.8, 4) is 0 Å². The summed E-state index contributed by atoms with van der Waals surface area (Å²) in [6.07, 6.45) is 5.26. The van der Waals surface area contributed by atoms with Gasteiger partial charge in [-0.15, -0.1) is 5.10 Å². The lowest BCUT2D eigenvalue weighted by atomic mass is 10.0. The first-order chi connectivity index (χ1) is 12.3. The van der Waals surface area contributed by atoms with E-state index in [-0.39, 0.29) is 11.9 Å². The van der Waals surface area contributed by atoms with Gasteiger partial charge >= 0.3 is 0 Å². The van der Waals surface area contributed by atoms with E-state index < -0.39 is 6.04 Å². The Labute approximate surface area is 148 Å². The van der Waals surface area contributed by atoms with E-state index in [4.69, 9.17) is 0 Å². The predicted molar refractivity (Wildman–Crippen MR) is 94.9 cm³/mol.